The van der Waals surface area contributed by atoms with Gasteiger partial charge < -0.3 is 15.7 Å². The highest BCUT2D eigenvalue weighted by Crippen LogP contribution is 2.29. The van der Waals surface area contributed by atoms with E-state index in [2.05, 4.69) is 15.6 Å². The number of hydrogen-bond donors (Lipinski definition) is 3. The van der Waals surface area contributed by atoms with Crippen LogP contribution < -0.4 is 16.2 Å². The summed E-state index contributed by atoms with van der Waals surface area (Å²) in [5.74, 6) is -1.67. The summed E-state index contributed by atoms with van der Waals surface area (Å²) in [5.41, 5.74) is -0.447. The quantitative estimate of drug-likeness (QED) is 0.650. The maximum absolute atomic E-state index is 13.0. The van der Waals surface area contributed by atoms with E-state index in [0.29, 0.717) is 24.4 Å². The van der Waals surface area contributed by atoms with Gasteiger partial charge in [0.1, 0.15) is 11.6 Å². The standard InChI is InChI=1S/C20H24FN5O4/c1-11(27)23-14-8-15(25(2)10-14)18-24-16(17(28)20(30)26(18)3)19(29)22-9-12-4-6-13(21)7-5-12/h4-7,14-15,28H,8-10H2,1-3H3,(H,22,29)(H,23,27)/t14-,15-/m0/s1. The molecule has 160 valence electrons. The summed E-state index contributed by atoms with van der Waals surface area (Å²) < 4.78 is 14.2. The van der Waals surface area contributed by atoms with Crippen molar-refractivity contribution >= 4 is 11.8 Å². The molecule has 0 unspecified atom stereocenters. The Morgan fingerprint density at radius 1 is 1.27 bits per heavy atom. The minimum atomic E-state index is -0.739. The van der Waals surface area contributed by atoms with Crippen molar-refractivity contribution in [2.24, 2.45) is 7.05 Å². The molecule has 30 heavy (non-hydrogen) atoms. The molecular formula is C20H24FN5O4. The number of aromatic hydroxyl groups is 1. The highest BCUT2D eigenvalue weighted by molar-refractivity contribution is 5.94. The number of likely N-dealkylation sites (N-methyl/N-ethyl adjacent to an activating group) is 1. The minimum Gasteiger partial charge on any atom is -0.501 e. The fraction of sp³-hybridized carbons (Fsp3) is 0.400. The topological polar surface area (TPSA) is 117 Å². The Bertz CT molecular complexity index is 1020. The highest BCUT2D eigenvalue weighted by atomic mass is 19.1. The van der Waals surface area contributed by atoms with Gasteiger partial charge in [-0.05, 0) is 31.2 Å². The Kier molecular flexibility index (Phi) is 6.16. The lowest BCUT2D eigenvalue weighted by atomic mass is 10.1. The van der Waals surface area contributed by atoms with Crippen LogP contribution in [0.25, 0.3) is 0 Å². The third-order valence-electron chi connectivity index (χ3n) is 5.14. The summed E-state index contributed by atoms with van der Waals surface area (Å²) in [6, 6.07) is 5.16. The zero-order chi connectivity index (χ0) is 22.0. The van der Waals surface area contributed by atoms with Gasteiger partial charge in [0.25, 0.3) is 11.5 Å². The first-order valence-electron chi connectivity index (χ1n) is 9.47. The van der Waals surface area contributed by atoms with Gasteiger partial charge >= 0.3 is 0 Å². The number of rotatable bonds is 5. The van der Waals surface area contributed by atoms with E-state index in [1.54, 1.807) is 0 Å². The summed E-state index contributed by atoms with van der Waals surface area (Å²) >= 11 is 0. The van der Waals surface area contributed by atoms with E-state index < -0.39 is 17.2 Å². The van der Waals surface area contributed by atoms with Crippen LogP contribution in [0, 0.1) is 5.82 Å². The lowest BCUT2D eigenvalue weighted by Gasteiger charge is -2.21. The first-order valence-corrected chi connectivity index (χ1v) is 9.47. The van der Waals surface area contributed by atoms with Gasteiger partial charge in [-0.2, -0.15) is 0 Å². The summed E-state index contributed by atoms with van der Waals surface area (Å²) in [6.45, 7) is 2.08. The Morgan fingerprint density at radius 3 is 2.57 bits per heavy atom. The summed E-state index contributed by atoms with van der Waals surface area (Å²) in [6.07, 6.45) is 0.512. The second kappa shape index (κ2) is 8.62. The van der Waals surface area contributed by atoms with Crippen molar-refractivity contribution < 1.29 is 19.1 Å². The van der Waals surface area contributed by atoms with E-state index in [0.717, 1.165) is 0 Å². The van der Waals surface area contributed by atoms with Gasteiger partial charge in [-0.1, -0.05) is 12.1 Å². The van der Waals surface area contributed by atoms with Crippen LogP contribution in [0.1, 0.15) is 41.3 Å². The van der Waals surface area contributed by atoms with Crippen LogP contribution in [-0.2, 0) is 18.4 Å². The van der Waals surface area contributed by atoms with Crippen LogP contribution in [-0.4, -0.2) is 51.0 Å². The number of benzene rings is 1. The molecule has 1 aromatic heterocycles. The second-order valence-corrected chi connectivity index (χ2v) is 7.43. The largest absolute Gasteiger partial charge is 0.501 e. The van der Waals surface area contributed by atoms with Crippen molar-refractivity contribution in [2.45, 2.75) is 32.0 Å². The number of carbonyl (C=O) groups excluding carboxylic acids is 2. The Balaban J connectivity index is 1.84. The monoisotopic (exact) mass is 417 g/mol. The van der Waals surface area contributed by atoms with Gasteiger partial charge in [-0.15, -0.1) is 0 Å². The number of carbonyl (C=O) groups is 2. The fourth-order valence-electron chi connectivity index (χ4n) is 3.62. The zero-order valence-electron chi connectivity index (χ0n) is 17.0. The molecule has 2 atom stereocenters. The van der Waals surface area contributed by atoms with Crippen LogP contribution in [0.3, 0.4) is 0 Å². The van der Waals surface area contributed by atoms with Crippen LogP contribution in [0.2, 0.25) is 0 Å². The SMILES string of the molecule is CC(=O)N[C@H]1C[C@@H](c2nc(C(=O)NCc3ccc(F)cc3)c(O)c(=O)n2C)N(C)C1. The van der Waals surface area contributed by atoms with Crippen LogP contribution in [0.4, 0.5) is 4.39 Å². The number of amides is 2. The zero-order valence-corrected chi connectivity index (χ0v) is 17.0. The molecule has 1 aliphatic rings. The van der Waals surface area contributed by atoms with Crippen molar-refractivity contribution in [3.63, 3.8) is 0 Å². The number of nitrogens with zero attached hydrogens (tertiary/aromatic N) is 3. The maximum Gasteiger partial charge on any atom is 0.296 e. The van der Waals surface area contributed by atoms with Crippen molar-refractivity contribution in [3.05, 3.63) is 57.5 Å². The molecule has 9 nitrogen and oxygen atoms in total. The van der Waals surface area contributed by atoms with E-state index in [4.69, 9.17) is 0 Å². The van der Waals surface area contributed by atoms with Crippen LogP contribution in [0.5, 0.6) is 5.75 Å². The van der Waals surface area contributed by atoms with Gasteiger partial charge in [-0.25, -0.2) is 9.37 Å². The normalized spacial score (nSPS) is 18.9. The fourth-order valence-corrected chi connectivity index (χ4v) is 3.62. The Hall–Kier alpha value is -3.27. The molecule has 0 spiro atoms. The molecule has 0 bridgehead atoms. The molecular weight excluding hydrogens is 393 g/mol. The van der Waals surface area contributed by atoms with Crippen molar-refractivity contribution in [2.75, 3.05) is 13.6 Å². The van der Waals surface area contributed by atoms with E-state index in [9.17, 15) is 23.9 Å². The summed E-state index contributed by atoms with van der Waals surface area (Å²) in [4.78, 5) is 42.7. The molecule has 2 amide bonds. The molecule has 0 aliphatic carbocycles. The first-order chi connectivity index (χ1) is 14.2. The number of hydrogen-bond acceptors (Lipinski definition) is 6. The van der Waals surface area contributed by atoms with Gasteiger partial charge in [0.05, 0.1) is 6.04 Å². The maximum atomic E-state index is 13.0. The molecule has 3 rings (SSSR count). The number of aromatic nitrogens is 2. The smallest absolute Gasteiger partial charge is 0.296 e. The van der Waals surface area contributed by atoms with E-state index in [-0.39, 0.29) is 36.0 Å². The van der Waals surface area contributed by atoms with E-state index >= 15 is 0 Å². The molecule has 1 saturated heterocycles. The van der Waals surface area contributed by atoms with Gasteiger partial charge in [-0.3, -0.25) is 23.9 Å². The van der Waals surface area contributed by atoms with Crippen molar-refractivity contribution in [3.8, 4) is 5.75 Å². The minimum absolute atomic E-state index is 0.0821. The average molecular weight is 417 g/mol. The van der Waals surface area contributed by atoms with Gasteiger partial charge in [0.2, 0.25) is 11.7 Å². The average Bonchev–Trinajstić information content (AvgIpc) is 3.04. The van der Waals surface area contributed by atoms with Crippen LogP contribution >= 0.6 is 0 Å². The Labute approximate surface area is 172 Å². The molecule has 0 radical (unpaired) electrons. The summed E-state index contributed by atoms with van der Waals surface area (Å²) in [5, 5.41) is 15.6. The van der Waals surface area contributed by atoms with E-state index in [1.807, 2.05) is 11.9 Å². The summed E-state index contributed by atoms with van der Waals surface area (Å²) in [7, 11) is 3.31. The number of nitrogens with one attached hydrogen (secondary N) is 2. The molecule has 0 saturated carbocycles. The molecule has 2 aromatic rings. The molecule has 2 heterocycles. The third-order valence-corrected chi connectivity index (χ3v) is 5.14. The molecule has 1 aliphatic heterocycles. The van der Waals surface area contributed by atoms with Crippen molar-refractivity contribution in [1.82, 2.24) is 25.1 Å². The molecule has 10 heteroatoms. The lowest BCUT2D eigenvalue weighted by Crippen LogP contribution is -2.34. The molecule has 3 N–H and O–H groups in total. The first kappa shape index (κ1) is 21.4. The van der Waals surface area contributed by atoms with Crippen molar-refractivity contribution in [1.29, 1.82) is 0 Å². The predicted octanol–water partition coefficient (Wildman–Crippen LogP) is 0.436. The van der Waals surface area contributed by atoms with Gasteiger partial charge in [0.15, 0.2) is 5.69 Å². The van der Waals surface area contributed by atoms with Gasteiger partial charge in [0, 0.05) is 33.1 Å². The second-order valence-electron chi connectivity index (χ2n) is 7.43. The van der Waals surface area contributed by atoms with E-state index in [1.165, 1.54) is 42.8 Å². The molecule has 1 fully saturated rings. The van der Waals surface area contributed by atoms with Crippen LogP contribution in [0.15, 0.2) is 29.1 Å². The number of halogens is 1. The Morgan fingerprint density at radius 2 is 1.93 bits per heavy atom. The number of likely N-dealkylation sites (tertiary alicyclic amines) is 1. The highest BCUT2D eigenvalue weighted by Gasteiger charge is 2.35. The lowest BCUT2D eigenvalue weighted by molar-refractivity contribution is -0.119. The molecule has 1 aromatic carbocycles. The predicted molar refractivity (Wildman–Crippen MR) is 106 cm³/mol. The third kappa shape index (κ3) is 4.48.